The highest BCUT2D eigenvalue weighted by Crippen LogP contribution is 3.07. The van der Waals surface area contributed by atoms with E-state index in [1.165, 1.54) is 12.8 Å². The van der Waals surface area contributed by atoms with Crippen molar-refractivity contribution < 1.29 is 4.74 Å². The third-order valence-electron chi connectivity index (χ3n) is 8.78. The lowest BCUT2D eigenvalue weighted by molar-refractivity contribution is 0.106. The molecular formula is C18H16O. The molecule has 2 spiro atoms. The summed E-state index contributed by atoms with van der Waals surface area (Å²) in [6, 6.07) is 9.51. The van der Waals surface area contributed by atoms with Gasteiger partial charge in [-0.3, -0.25) is 0 Å². The molecule has 8 aliphatic rings. The maximum Gasteiger partial charge on any atom is 0.0848 e. The maximum atomic E-state index is 5.96. The Kier molecular flexibility index (Phi) is 0.863. The minimum Gasteiger partial charge on any atom is -0.370 e. The average molecular weight is 248 g/mol. The van der Waals surface area contributed by atoms with Crippen LogP contribution in [0.5, 0.6) is 0 Å². The smallest absolute Gasteiger partial charge is 0.0848 e. The highest BCUT2D eigenvalue weighted by molar-refractivity contribution is 5.63. The number of benzene rings is 1. The number of hydrogen-bond donors (Lipinski definition) is 0. The molecule has 6 fully saturated rings. The second-order valence-corrected chi connectivity index (χ2v) is 8.50. The third kappa shape index (κ3) is 0.521. The summed E-state index contributed by atoms with van der Waals surface area (Å²) in [6.07, 6.45) is 4.19. The van der Waals surface area contributed by atoms with Crippen molar-refractivity contribution in [2.24, 2.45) is 34.5 Å². The Morgan fingerprint density at radius 3 is 2.00 bits per heavy atom. The largest absolute Gasteiger partial charge is 0.370 e. The minimum atomic E-state index is 0.667. The van der Waals surface area contributed by atoms with E-state index >= 15 is 0 Å². The van der Waals surface area contributed by atoms with Crippen molar-refractivity contribution in [3.8, 4) is 0 Å². The standard InChI is InChI=1S/C18H16O/c1-2-4-8-7(3-1)14-11-12-13(11)16-17(14)5-9-10(19-9)6-18(16,17)15(8)12/h1-4,9-16H,5-6H2/t9-,10-,11+,12+,13?,14-,15-,16?,17-,18+/m0/s1. The van der Waals surface area contributed by atoms with E-state index in [1.807, 2.05) is 0 Å². The first-order valence-electron chi connectivity index (χ1n) is 8.14. The maximum absolute atomic E-state index is 5.96. The average Bonchev–Trinajstić information content (AvgIpc) is 3.33. The van der Waals surface area contributed by atoms with Crippen LogP contribution in [-0.2, 0) is 4.74 Å². The van der Waals surface area contributed by atoms with Crippen molar-refractivity contribution in [3.63, 3.8) is 0 Å². The van der Waals surface area contributed by atoms with E-state index < -0.39 is 0 Å². The fraction of sp³-hybridized carbons (Fsp3) is 0.667. The number of fused-ring (bicyclic) bond motifs is 1. The molecule has 1 aromatic carbocycles. The van der Waals surface area contributed by atoms with Crippen molar-refractivity contribution in [1.29, 1.82) is 0 Å². The summed E-state index contributed by atoms with van der Waals surface area (Å²) in [7, 11) is 0. The molecule has 1 heteroatoms. The van der Waals surface area contributed by atoms with Gasteiger partial charge in [-0.1, -0.05) is 24.3 Å². The lowest BCUT2D eigenvalue weighted by atomic mass is 9.53. The second-order valence-electron chi connectivity index (χ2n) is 8.50. The van der Waals surface area contributed by atoms with E-state index in [4.69, 9.17) is 4.74 Å². The van der Waals surface area contributed by atoms with E-state index in [1.54, 1.807) is 11.1 Å². The summed E-state index contributed by atoms with van der Waals surface area (Å²) >= 11 is 0. The van der Waals surface area contributed by atoms with E-state index in [0.717, 1.165) is 46.3 Å². The van der Waals surface area contributed by atoms with E-state index in [-0.39, 0.29) is 0 Å². The van der Waals surface area contributed by atoms with Gasteiger partial charge >= 0.3 is 0 Å². The Balaban J connectivity index is 1.52. The fourth-order valence-corrected chi connectivity index (χ4v) is 8.88. The molecule has 10 atom stereocenters. The van der Waals surface area contributed by atoms with E-state index in [0.29, 0.717) is 12.2 Å². The van der Waals surface area contributed by atoms with Gasteiger partial charge in [0.15, 0.2) is 0 Å². The Labute approximate surface area is 112 Å². The Morgan fingerprint density at radius 1 is 0.842 bits per heavy atom. The molecule has 1 aromatic rings. The molecule has 0 N–H and O–H groups in total. The molecule has 94 valence electrons. The Hall–Kier alpha value is -0.820. The molecule has 7 aliphatic carbocycles. The normalized spacial score (nSPS) is 73.1. The lowest BCUT2D eigenvalue weighted by Crippen LogP contribution is -2.43. The highest BCUT2D eigenvalue weighted by atomic mass is 16.6. The van der Waals surface area contributed by atoms with Crippen LogP contribution in [-0.4, -0.2) is 12.2 Å². The zero-order valence-electron chi connectivity index (χ0n) is 10.8. The molecule has 2 bridgehead atoms. The van der Waals surface area contributed by atoms with Gasteiger partial charge in [-0.2, -0.15) is 0 Å². The molecule has 0 amide bonds. The van der Waals surface area contributed by atoms with Crippen LogP contribution < -0.4 is 0 Å². The van der Waals surface area contributed by atoms with Crippen LogP contribution in [0.2, 0.25) is 0 Å². The van der Waals surface area contributed by atoms with Gasteiger partial charge in [-0.05, 0) is 70.3 Å². The van der Waals surface area contributed by atoms with Crippen molar-refractivity contribution in [3.05, 3.63) is 35.4 Å². The molecule has 1 saturated heterocycles. The number of ether oxygens (including phenoxy) is 1. The number of epoxide rings is 1. The predicted molar refractivity (Wildman–Crippen MR) is 68.6 cm³/mol. The van der Waals surface area contributed by atoms with Crippen molar-refractivity contribution in [1.82, 2.24) is 0 Å². The van der Waals surface area contributed by atoms with Gasteiger partial charge in [-0.25, -0.2) is 0 Å². The molecule has 9 rings (SSSR count). The van der Waals surface area contributed by atoms with Crippen molar-refractivity contribution in [2.45, 2.75) is 36.9 Å². The Morgan fingerprint density at radius 2 is 1.42 bits per heavy atom. The number of hydrogen-bond acceptors (Lipinski definition) is 1. The topological polar surface area (TPSA) is 12.5 Å². The first-order chi connectivity index (χ1) is 9.39. The molecule has 0 aromatic heterocycles. The summed E-state index contributed by atoms with van der Waals surface area (Å²) in [5, 5.41) is 0. The van der Waals surface area contributed by atoms with E-state index in [2.05, 4.69) is 24.3 Å². The summed E-state index contributed by atoms with van der Waals surface area (Å²) < 4.78 is 5.96. The predicted octanol–water partition coefficient (Wildman–Crippen LogP) is 2.92. The first kappa shape index (κ1) is 8.46. The molecule has 1 nitrogen and oxygen atoms in total. The zero-order chi connectivity index (χ0) is 11.7. The van der Waals surface area contributed by atoms with Crippen LogP contribution in [0.25, 0.3) is 0 Å². The molecule has 0 radical (unpaired) electrons. The quantitative estimate of drug-likeness (QED) is 0.643. The summed E-state index contributed by atoms with van der Waals surface area (Å²) in [4.78, 5) is 0. The summed E-state index contributed by atoms with van der Waals surface area (Å²) in [5.41, 5.74) is 5.00. The van der Waals surface area contributed by atoms with Crippen LogP contribution in [0.3, 0.4) is 0 Å². The summed E-state index contributed by atoms with van der Waals surface area (Å²) in [5.74, 6) is 6.34. The molecule has 1 aliphatic heterocycles. The Bertz CT molecular complexity index is 652. The molecule has 19 heavy (non-hydrogen) atoms. The zero-order valence-corrected chi connectivity index (χ0v) is 10.8. The number of rotatable bonds is 0. The van der Waals surface area contributed by atoms with Crippen LogP contribution in [0.4, 0.5) is 0 Å². The van der Waals surface area contributed by atoms with Crippen LogP contribution in [0.1, 0.15) is 35.8 Å². The summed E-state index contributed by atoms with van der Waals surface area (Å²) in [6.45, 7) is 0. The minimum absolute atomic E-state index is 0.667. The van der Waals surface area contributed by atoms with E-state index in [9.17, 15) is 0 Å². The van der Waals surface area contributed by atoms with Crippen molar-refractivity contribution >= 4 is 0 Å². The van der Waals surface area contributed by atoms with Crippen molar-refractivity contribution in [2.75, 3.05) is 0 Å². The molecule has 1 heterocycles. The van der Waals surface area contributed by atoms with Gasteiger partial charge in [0.1, 0.15) is 0 Å². The van der Waals surface area contributed by atoms with Gasteiger partial charge in [0.2, 0.25) is 0 Å². The van der Waals surface area contributed by atoms with Gasteiger partial charge in [0, 0.05) is 0 Å². The van der Waals surface area contributed by atoms with Gasteiger partial charge < -0.3 is 4.74 Å². The van der Waals surface area contributed by atoms with Gasteiger partial charge in [0.05, 0.1) is 12.2 Å². The lowest BCUT2D eigenvalue weighted by Gasteiger charge is -2.50. The third-order valence-corrected chi connectivity index (χ3v) is 8.78. The van der Waals surface area contributed by atoms with Crippen LogP contribution in [0.15, 0.2) is 24.3 Å². The van der Waals surface area contributed by atoms with Crippen LogP contribution in [0, 0.1) is 34.5 Å². The second kappa shape index (κ2) is 1.94. The van der Waals surface area contributed by atoms with Crippen LogP contribution >= 0.6 is 0 Å². The highest BCUT2D eigenvalue weighted by Gasteiger charge is 3.02. The molecule has 5 saturated carbocycles. The SMILES string of the molecule is c1ccc2c(c1)[C@H]1[C@H]3C4C5[C@@]16C[C@@H]1O[C@H]1C[C@]56[C@@H]2[C@@H]43. The first-order valence-corrected chi connectivity index (χ1v) is 8.14. The van der Waals surface area contributed by atoms with Gasteiger partial charge in [-0.15, -0.1) is 0 Å². The molecule has 2 unspecified atom stereocenters. The monoisotopic (exact) mass is 248 g/mol. The molecular weight excluding hydrogens is 232 g/mol. The fourth-order valence-electron chi connectivity index (χ4n) is 8.88. The van der Waals surface area contributed by atoms with Gasteiger partial charge in [0.25, 0.3) is 0 Å².